The fraction of sp³-hybridized carbons (Fsp3) is 0.917. The summed E-state index contributed by atoms with van der Waals surface area (Å²) < 4.78 is 60.6. The first-order valence-electron chi connectivity index (χ1n) is 6.75. The van der Waals surface area contributed by atoms with Crippen LogP contribution < -0.4 is 0 Å². The molecule has 4 unspecified atom stereocenters. The SMILES string of the molecule is CC(C)(O)CC1CC2CC(OC(=O)C(F)(F)S(=O)(=O)O)C1S2. The smallest absolute Gasteiger partial charge is 0.456 e. The summed E-state index contributed by atoms with van der Waals surface area (Å²) in [6.45, 7) is 3.27. The van der Waals surface area contributed by atoms with Crippen molar-refractivity contribution in [2.75, 3.05) is 0 Å². The van der Waals surface area contributed by atoms with Crippen LogP contribution in [-0.4, -0.2) is 51.5 Å². The number of hydrogen-bond acceptors (Lipinski definition) is 6. The lowest BCUT2D eigenvalue weighted by Gasteiger charge is -2.32. The molecule has 2 aliphatic rings. The number of fused-ring (bicyclic) bond motifs is 2. The van der Waals surface area contributed by atoms with Gasteiger partial charge in [0.15, 0.2) is 0 Å². The van der Waals surface area contributed by atoms with Gasteiger partial charge < -0.3 is 9.84 Å². The van der Waals surface area contributed by atoms with Crippen molar-refractivity contribution in [2.24, 2.45) is 5.92 Å². The van der Waals surface area contributed by atoms with E-state index in [1.807, 2.05) is 0 Å². The van der Waals surface area contributed by atoms with Crippen molar-refractivity contribution in [1.82, 2.24) is 0 Å². The van der Waals surface area contributed by atoms with Crippen LogP contribution in [0.1, 0.15) is 33.1 Å². The number of halogens is 2. The molecule has 0 aromatic carbocycles. The molecule has 0 saturated carbocycles. The second-order valence-electron chi connectivity index (χ2n) is 6.41. The number of ether oxygens (including phenoxy) is 1. The molecular weight excluding hydrogens is 342 g/mol. The lowest BCUT2D eigenvalue weighted by atomic mass is 9.81. The van der Waals surface area contributed by atoms with Gasteiger partial charge in [-0.15, -0.1) is 0 Å². The number of rotatable bonds is 5. The van der Waals surface area contributed by atoms with E-state index in [0.717, 1.165) is 6.42 Å². The molecule has 0 aromatic rings. The average Bonchev–Trinajstić information content (AvgIpc) is 2.83. The van der Waals surface area contributed by atoms with Gasteiger partial charge in [-0.1, -0.05) is 0 Å². The van der Waals surface area contributed by atoms with Gasteiger partial charge in [-0.2, -0.15) is 29.0 Å². The summed E-state index contributed by atoms with van der Waals surface area (Å²) in [7, 11) is -5.85. The Morgan fingerprint density at radius 1 is 1.36 bits per heavy atom. The minimum Gasteiger partial charge on any atom is -0.456 e. The van der Waals surface area contributed by atoms with Crippen molar-refractivity contribution in [3.8, 4) is 0 Å². The van der Waals surface area contributed by atoms with E-state index in [2.05, 4.69) is 4.74 Å². The van der Waals surface area contributed by atoms with Crippen molar-refractivity contribution in [3.05, 3.63) is 0 Å². The van der Waals surface area contributed by atoms with E-state index in [4.69, 9.17) is 4.55 Å². The molecule has 128 valence electrons. The number of hydrogen-bond donors (Lipinski definition) is 2. The highest BCUT2D eigenvalue weighted by atomic mass is 32.2. The van der Waals surface area contributed by atoms with Crippen LogP contribution in [0.2, 0.25) is 0 Å². The Morgan fingerprint density at radius 3 is 2.41 bits per heavy atom. The zero-order valence-corrected chi connectivity index (χ0v) is 13.7. The van der Waals surface area contributed by atoms with Crippen LogP contribution >= 0.6 is 11.8 Å². The van der Waals surface area contributed by atoms with Crippen molar-refractivity contribution in [2.45, 2.75) is 60.6 Å². The molecule has 6 nitrogen and oxygen atoms in total. The number of carbonyl (C=O) groups is 1. The van der Waals surface area contributed by atoms with E-state index in [1.165, 1.54) is 11.8 Å². The Bertz CT molecular complexity index is 556. The lowest BCUT2D eigenvalue weighted by molar-refractivity contribution is -0.168. The zero-order chi connectivity index (χ0) is 16.9. The van der Waals surface area contributed by atoms with Gasteiger partial charge in [0.25, 0.3) is 0 Å². The molecule has 0 radical (unpaired) electrons. The molecule has 2 rings (SSSR count). The highest BCUT2D eigenvalue weighted by Gasteiger charge is 2.57. The average molecular weight is 360 g/mol. The molecule has 4 atom stereocenters. The summed E-state index contributed by atoms with van der Waals surface area (Å²) in [5.41, 5.74) is -0.928. The topological polar surface area (TPSA) is 101 Å². The van der Waals surface area contributed by atoms with Crippen molar-refractivity contribution < 1.29 is 36.4 Å². The van der Waals surface area contributed by atoms with Gasteiger partial charge in [0.2, 0.25) is 0 Å². The molecule has 2 bridgehead atoms. The standard InChI is InChI=1S/C12H18F2O6S2/c1-11(2,16)5-6-3-7-4-8(9(6)21-7)20-10(15)12(13,14)22(17,18)19/h6-9,16H,3-5H2,1-2H3,(H,17,18,19). The summed E-state index contributed by atoms with van der Waals surface area (Å²) in [6, 6.07) is 0. The Hall–Kier alpha value is -0.450. The molecule has 2 saturated heterocycles. The van der Waals surface area contributed by atoms with Crippen LogP contribution in [-0.2, 0) is 19.6 Å². The first-order valence-corrected chi connectivity index (χ1v) is 9.13. The highest BCUT2D eigenvalue weighted by molar-refractivity contribution is 8.01. The summed E-state index contributed by atoms with van der Waals surface area (Å²) in [6.07, 6.45) is 0.757. The van der Waals surface area contributed by atoms with Gasteiger partial charge in [-0.3, -0.25) is 4.55 Å². The molecule has 2 N–H and O–H groups in total. The largest absolute Gasteiger partial charge is 0.465 e. The highest BCUT2D eigenvalue weighted by Crippen LogP contribution is 2.53. The van der Waals surface area contributed by atoms with Crippen molar-refractivity contribution >= 4 is 27.8 Å². The van der Waals surface area contributed by atoms with Crippen molar-refractivity contribution in [3.63, 3.8) is 0 Å². The summed E-state index contributed by atoms with van der Waals surface area (Å²) in [5, 5.41) is 4.78. The summed E-state index contributed by atoms with van der Waals surface area (Å²) in [5.74, 6) is -2.25. The van der Waals surface area contributed by atoms with Crippen LogP contribution in [0.5, 0.6) is 0 Å². The van der Waals surface area contributed by atoms with Crippen LogP contribution in [0.25, 0.3) is 0 Å². The normalized spacial score (nSPS) is 32.3. The Kier molecular flexibility index (Phi) is 4.53. The van der Waals surface area contributed by atoms with Gasteiger partial charge in [0.05, 0.1) is 5.60 Å². The summed E-state index contributed by atoms with van der Waals surface area (Å²) >= 11 is 1.50. The first kappa shape index (κ1) is 17.9. The maximum Gasteiger partial charge on any atom is 0.465 e. The van der Waals surface area contributed by atoms with E-state index in [0.29, 0.717) is 12.8 Å². The molecule has 2 fully saturated rings. The second-order valence-corrected chi connectivity index (χ2v) is 9.35. The van der Waals surface area contributed by atoms with E-state index in [9.17, 15) is 27.1 Å². The molecule has 0 aliphatic carbocycles. The zero-order valence-electron chi connectivity index (χ0n) is 12.0. The minimum atomic E-state index is -5.85. The van der Waals surface area contributed by atoms with E-state index in [1.54, 1.807) is 13.8 Å². The third-order valence-electron chi connectivity index (χ3n) is 3.82. The third-order valence-corrected chi connectivity index (χ3v) is 6.41. The van der Waals surface area contributed by atoms with Crippen LogP contribution in [0.4, 0.5) is 8.78 Å². The number of aliphatic hydroxyl groups is 1. The second kappa shape index (κ2) is 5.57. The lowest BCUT2D eigenvalue weighted by Crippen LogP contribution is -2.44. The number of thioether (sulfide) groups is 1. The van der Waals surface area contributed by atoms with E-state index >= 15 is 0 Å². The minimum absolute atomic E-state index is 0.000839. The number of esters is 1. The predicted molar refractivity (Wildman–Crippen MR) is 75.2 cm³/mol. The van der Waals surface area contributed by atoms with Gasteiger partial charge >= 0.3 is 21.3 Å². The molecule has 10 heteroatoms. The van der Waals surface area contributed by atoms with Gasteiger partial charge in [0, 0.05) is 10.5 Å². The first-order chi connectivity index (χ1) is 9.81. The van der Waals surface area contributed by atoms with Crippen LogP contribution in [0.3, 0.4) is 0 Å². The van der Waals surface area contributed by atoms with Crippen molar-refractivity contribution in [1.29, 1.82) is 0 Å². The quantitative estimate of drug-likeness (QED) is 0.565. The Morgan fingerprint density at radius 2 is 1.95 bits per heavy atom. The number of alkyl halides is 2. The molecular formula is C12H18F2O6S2. The molecule has 2 aliphatic heterocycles. The fourth-order valence-electron chi connectivity index (χ4n) is 3.06. The van der Waals surface area contributed by atoms with Gasteiger partial charge in [0.1, 0.15) is 6.10 Å². The third kappa shape index (κ3) is 3.55. The molecule has 2 heterocycles. The van der Waals surface area contributed by atoms with Crippen LogP contribution in [0, 0.1) is 5.92 Å². The van der Waals surface area contributed by atoms with E-state index < -0.39 is 33.0 Å². The molecule has 22 heavy (non-hydrogen) atoms. The fourth-order valence-corrected chi connectivity index (χ4v) is 5.20. The molecule has 0 amide bonds. The predicted octanol–water partition coefficient (Wildman–Crippen LogP) is 1.43. The van der Waals surface area contributed by atoms with Gasteiger partial charge in [-0.25, -0.2) is 4.79 Å². The summed E-state index contributed by atoms with van der Waals surface area (Å²) in [4.78, 5) is 11.4. The Labute approximate surface area is 131 Å². The van der Waals surface area contributed by atoms with Crippen LogP contribution in [0.15, 0.2) is 0 Å². The number of carbonyl (C=O) groups excluding carboxylic acids is 1. The Balaban J connectivity index is 2.05. The molecule has 0 aromatic heterocycles. The monoisotopic (exact) mass is 360 g/mol. The van der Waals surface area contributed by atoms with E-state index in [-0.39, 0.29) is 16.4 Å². The molecule has 0 spiro atoms. The van der Waals surface area contributed by atoms with Gasteiger partial charge in [-0.05, 0) is 39.0 Å². The maximum atomic E-state index is 13.2. The maximum absolute atomic E-state index is 13.2.